The largest absolute Gasteiger partial charge is 0.383 e. The van der Waals surface area contributed by atoms with Gasteiger partial charge in [-0.15, -0.1) is 0 Å². The maximum Gasteiger partial charge on any atom is 0.276 e. The van der Waals surface area contributed by atoms with Crippen molar-refractivity contribution in [3.63, 3.8) is 0 Å². The van der Waals surface area contributed by atoms with Crippen LogP contribution in [0.15, 0.2) is 12.1 Å². The molecular formula is C6H8N4O2. The van der Waals surface area contributed by atoms with Gasteiger partial charge in [0.05, 0.1) is 17.1 Å². The number of nitrogens with two attached hydrogens (primary N) is 1. The molecule has 6 heteroatoms. The molecule has 0 unspecified atom stereocenters. The average Bonchev–Trinajstić information content (AvgIpc) is 2.03. The highest BCUT2D eigenvalue weighted by atomic mass is 16.6. The first kappa shape index (κ1) is 8.25. The van der Waals surface area contributed by atoms with Gasteiger partial charge in [0.1, 0.15) is 11.6 Å². The van der Waals surface area contributed by atoms with Crippen LogP contribution in [0.5, 0.6) is 0 Å². The molecule has 12 heavy (non-hydrogen) atoms. The Labute approximate surface area is 68.6 Å². The Morgan fingerprint density at radius 2 is 2.33 bits per heavy atom. The van der Waals surface area contributed by atoms with E-state index < -0.39 is 4.92 Å². The molecule has 64 valence electrons. The molecule has 1 heterocycles. The summed E-state index contributed by atoms with van der Waals surface area (Å²) in [6.45, 7) is 0. The van der Waals surface area contributed by atoms with Gasteiger partial charge in [-0.3, -0.25) is 10.1 Å². The fourth-order valence-electron chi connectivity index (χ4n) is 0.770. The second-order valence-corrected chi connectivity index (χ2v) is 2.14. The highest BCUT2D eigenvalue weighted by Gasteiger charge is 2.07. The van der Waals surface area contributed by atoms with Crippen LogP contribution in [0, 0.1) is 10.1 Å². The molecule has 0 aromatic carbocycles. The molecule has 0 atom stereocenters. The zero-order chi connectivity index (χ0) is 9.14. The number of anilines is 2. The van der Waals surface area contributed by atoms with E-state index in [9.17, 15) is 10.1 Å². The number of nitrogens with zero attached hydrogens (tertiary/aromatic N) is 2. The lowest BCUT2D eigenvalue weighted by atomic mass is 10.4. The lowest BCUT2D eigenvalue weighted by Gasteiger charge is -1.99. The van der Waals surface area contributed by atoms with Gasteiger partial charge in [0, 0.05) is 7.05 Å². The molecule has 0 spiro atoms. The van der Waals surface area contributed by atoms with E-state index >= 15 is 0 Å². The fraction of sp³-hybridized carbons (Fsp3) is 0.167. The van der Waals surface area contributed by atoms with Crippen LogP contribution in [-0.2, 0) is 0 Å². The van der Waals surface area contributed by atoms with Gasteiger partial charge in [-0.1, -0.05) is 0 Å². The standard InChI is InChI=1S/C6H8N4O2/c1-8-6-3-4(10(11)12)2-5(7)9-6/h2-3H,1H3,(H3,7,8,9). The summed E-state index contributed by atoms with van der Waals surface area (Å²) in [4.78, 5) is 13.6. The van der Waals surface area contributed by atoms with E-state index in [4.69, 9.17) is 5.73 Å². The van der Waals surface area contributed by atoms with E-state index in [2.05, 4.69) is 10.3 Å². The summed E-state index contributed by atoms with van der Waals surface area (Å²) in [6.07, 6.45) is 0. The van der Waals surface area contributed by atoms with E-state index in [0.29, 0.717) is 5.82 Å². The Hall–Kier alpha value is -1.85. The van der Waals surface area contributed by atoms with Crippen LogP contribution in [-0.4, -0.2) is 17.0 Å². The summed E-state index contributed by atoms with van der Waals surface area (Å²) in [5, 5.41) is 13.0. The van der Waals surface area contributed by atoms with Gasteiger partial charge in [0.2, 0.25) is 0 Å². The monoisotopic (exact) mass is 168 g/mol. The number of hydrogen-bond acceptors (Lipinski definition) is 5. The summed E-state index contributed by atoms with van der Waals surface area (Å²) in [5.74, 6) is 0.523. The zero-order valence-corrected chi connectivity index (χ0v) is 6.44. The maximum atomic E-state index is 10.3. The van der Waals surface area contributed by atoms with Crippen LogP contribution >= 0.6 is 0 Å². The van der Waals surface area contributed by atoms with Crippen LogP contribution in [0.4, 0.5) is 17.3 Å². The molecular weight excluding hydrogens is 160 g/mol. The normalized spacial score (nSPS) is 9.42. The van der Waals surface area contributed by atoms with Crippen molar-refractivity contribution in [3.05, 3.63) is 22.2 Å². The molecule has 0 saturated carbocycles. The minimum absolute atomic E-state index is 0.0631. The molecule has 0 bridgehead atoms. The van der Waals surface area contributed by atoms with E-state index in [0.717, 1.165) is 0 Å². The third kappa shape index (κ3) is 1.60. The molecule has 1 aromatic rings. The highest BCUT2D eigenvalue weighted by Crippen LogP contribution is 2.17. The van der Waals surface area contributed by atoms with Crippen LogP contribution < -0.4 is 11.1 Å². The predicted molar refractivity (Wildman–Crippen MR) is 44.9 cm³/mol. The van der Waals surface area contributed by atoms with Crippen LogP contribution in [0.1, 0.15) is 0 Å². The molecule has 1 aromatic heterocycles. The number of nitrogens with one attached hydrogen (secondary N) is 1. The van der Waals surface area contributed by atoms with Crippen LogP contribution in [0.25, 0.3) is 0 Å². The minimum Gasteiger partial charge on any atom is -0.383 e. The third-order valence-electron chi connectivity index (χ3n) is 1.30. The Morgan fingerprint density at radius 3 is 2.83 bits per heavy atom. The molecule has 0 aliphatic heterocycles. The number of nitrogen functional groups attached to an aromatic ring is 1. The maximum absolute atomic E-state index is 10.3. The van der Waals surface area contributed by atoms with Gasteiger partial charge in [-0.05, 0) is 0 Å². The van der Waals surface area contributed by atoms with Gasteiger partial charge in [0.15, 0.2) is 0 Å². The molecule has 6 nitrogen and oxygen atoms in total. The molecule has 0 aliphatic rings. The summed E-state index contributed by atoms with van der Waals surface area (Å²) >= 11 is 0. The van der Waals surface area contributed by atoms with E-state index in [1.54, 1.807) is 7.05 Å². The van der Waals surface area contributed by atoms with Crippen molar-refractivity contribution in [2.24, 2.45) is 0 Å². The predicted octanol–water partition coefficient (Wildman–Crippen LogP) is 0.614. The van der Waals surface area contributed by atoms with Crippen molar-refractivity contribution < 1.29 is 4.92 Å². The number of hydrogen-bond donors (Lipinski definition) is 2. The Morgan fingerprint density at radius 1 is 1.67 bits per heavy atom. The fourth-order valence-corrected chi connectivity index (χ4v) is 0.770. The van der Waals surface area contributed by atoms with E-state index in [-0.39, 0.29) is 11.5 Å². The van der Waals surface area contributed by atoms with Crippen molar-refractivity contribution in [2.45, 2.75) is 0 Å². The molecule has 0 aliphatic carbocycles. The number of aromatic nitrogens is 1. The highest BCUT2D eigenvalue weighted by molar-refractivity contribution is 5.52. The molecule has 0 amide bonds. The van der Waals surface area contributed by atoms with Crippen molar-refractivity contribution >= 4 is 17.3 Å². The summed E-state index contributed by atoms with van der Waals surface area (Å²) in [7, 11) is 1.62. The average molecular weight is 168 g/mol. The van der Waals surface area contributed by atoms with Crippen molar-refractivity contribution in [1.82, 2.24) is 4.98 Å². The van der Waals surface area contributed by atoms with Gasteiger partial charge < -0.3 is 11.1 Å². The lowest BCUT2D eigenvalue weighted by Crippen LogP contribution is -1.99. The zero-order valence-electron chi connectivity index (χ0n) is 6.44. The first-order valence-corrected chi connectivity index (χ1v) is 3.23. The van der Waals surface area contributed by atoms with Crippen LogP contribution in [0.3, 0.4) is 0 Å². The van der Waals surface area contributed by atoms with Crippen molar-refractivity contribution in [1.29, 1.82) is 0 Å². The van der Waals surface area contributed by atoms with Gasteiger partial charge in [0.25, 0.3) is 5.69 Å². The van der Waals surface area contributed by atoms with Crippen LogP contribution in [0.2, 0.25) is 0 Å². The first-order chi connectivity index (χ1) is 5.63. The summed E-state index contributed by atoms with van der Waals surface area (Å²) in [6, 6.07) is 2.52. The van der Waals surface area contributed by atoms with Gasteiger partial charge in [-0.25, -0.2) is 4.98 Å². The molecule has 0 fully saturated rings. The molecule has 0 radical (unpaired) electrons. The molecule has 3 N–H and O–H groups in total. The van der Waals surface area contributed by atoms with E-state index in [1.165, 1.54) is 12.1 Å². The van der Waals surface area contributed by atoms with Crippen molar-refractivity contribution in [3.8, 4) is 0 Å². The summed E-state index contributed by atoms with van der Waals surface area (Å²) in [5.41, 5.74) is 5.25. The second-order valence-electron chi connectivity index (χ2n) is 2.14. The second kappa shape index (κ2) is 3.04. The summed E-state index contributed by atoms with van der Waals surface area (Å²) < 4.78 is 0. The molecule has 0 saturated heterocycles. The SMILES string of the molecule is CNc1cc([N+](=O)[O-])cc(N)n1. The first-order valence-electron chi connectivity index (χ1n) is 3.23. The van der Waals surface area contributed by atoms with E-state index in [1.807, 2.05) is 0 Å². The smallest absolute Gasteiger partial charge is 0.276 e. The van der Waals surface area contributed by atoms with Crippen molar-refractivity contribution in [2.75, 3.05) is 18.1 Å². The third-order valence-corrected chi connectivity index (χ3v) is 1.30. The Balaban J connectivity index is 3.15. The topological polar surface area (TPSA) is 94.1 Å². The minimum atomic E-state index is -0.515. The quantitative estimate of drug-likeness (QED) is 0.498. The number of pyridine rings is 1. The number of nitro groups is 1. The van der Waals surface area contributed by atoms with Gasteiger partial charge in [-0.2, -0.15) is 0 Å². The lowest BCUT2D eigenvalue weighted by molar-refractivity contribution is -0.384. The number of rotatable bonds is 2. The Kier molecular flexibility index (Phi) is 2.09. The van der Waals surface area contributed by atoms with Gasteiger partial charge >= 0.3 is 0 Å². The Bertz CT molecular complexity index is 312. The molecule has 1 rings (SSSR count).